The Bertz CT molecular complexity index is 779. The van der Waals surface area contributed by atoms with Crippen molar-refractivity contribution in [3.63, 3.8) is 0 Å². The van der Waals surface area contributed by atoms with Crippen molar-refractivity contribution in [2.45, 2.75) is 19.8 Å². The van der Waals surface area contributed by atoms with Gasteiger partial charge in [0.15, 0.2) is 0 Å². The maximum Gasteiger partial charge on any atom is 0.244 e. The molecule has 5 nitrogen and oxygen atoms in total. The van der Waals surface area contributed by atoms with E-state index in [0.29, 0.717) is 34.4 Å². The highest BCUT2D eigenvalue weighted by atomic mass is 35.5. The molecule has 2 rings (SSSR count). The monoisotopic (exact) mass is 429 g/mol. The van der Waals surface area contributed by atoms with E-state index in [9.17, 15) is 9.59 Å². The van der Waals surface area contributed by atoms with Gasteiger partial charge in [-0.15, -0.1) is 12.4 Å². The van der Waals surface area contributed by atoms with Gasteiger partial charge < -0.3 is 16.0 Å². The van der Waals surface area contributed by atoms with Gasteiger partial charge in [-0.25, -0.2) is 0 Å². The second kappa shape index (κ2) is 11.0. The number of nitrogens with zero attached hydrogens (tertiary/aromatic N) is 1. The second-order valence-corrected chi connectivity index (χ2v) is 6.57. The van der Waals surface area contributed by atoms with Crippen LogP contribution in [0.3, 0.4) is 0 Å². The lowest BCUT2D eigenvalue weighted by molar-refractivity contribution is -0.134. The lowest BCUT2D eigenvalue weighted by atomic mass is 10.1. The third kappa shape index (κ3) is 6.61. The number of halogens is 3. The Morgan fingerprint density at radius 2 is 1.70 bits per heavy atom. The predicted molar refractivity (Wildman–Crippen MR) is 114 cm³/mol. The van der Waals surface area contributed by atoms with Gasteiger partial charge in [0.25, 0.3) is 0 Å². The molecular formula is C19H22Cl3N3O2. The van der Waals surface area contributed by atoms with E-state index in [1.54, 1.807) is 24.3 Å². The number of nitrogens with two attached hydrogens (primary N) is 1. The van der Waals surface area contributed by atoms with Gasteiger partial charge in [-0.2, -0.15) is 0 Å². The Kier molecular flexibility index (Phi) is 9.43. The van der Waals surface area contributed by atoms with Gasteiger partial charge in [-0.1, -0.05) is 47.5 Å². The summed E-state index contributed by atoms with van der Waals surface area (Å²) in [6, 6.07) is 12.4. The van der Waals surface area contributed by atoms with Crippen molar-refractivity contribution in [2.24, 2.45) is 0 Å². The van der Waals surface area contributed by atoms with Crippen LogP contribution in [0, 0.1) is 0 Å². The van der Waals surface area contributed by atoms with Crippen molar-refractivity contribution in [3.05, 3.63) is 58.1 Å². The van der Waals surface area contributed by atoms with Gasteiger partial charge in [0.05, 0.1) is 22.3 Å². The number of aryl methyl sites for hydroxylation is 1. The van der Waals surface area contributed by atoms with Crippen LogP contribution >= 0.6 is 35.6 Å². The van der Waals surface area contributed by atoms with Crippen molar-refractivity contribution in [1.29, 1.82) is 0 Å². The summed E-state index contributed by atoms with van der Waals surface area (Å²) in [6.07, 6.45) is 0.808. The summed E-state index contributed by atoms with van der Waals surface area (Å²) in [5.41, 5.74) is 7.83. The fourth-order valence-corrected chi connectivity index (χ4v) is 3.00. The van der Waals surface area contributed by atoms with E-state index in [2.05, 4.69) is 5.32 Å². The molecule has 8 heteroatoms. The molecule has 0 bridgehead atoms. The zero-order chi connectivity index (χ0) is 19.1. The highest BCUT2D eigenvalue weighted by molar-refractivity contribution is 6.39. The van der Waals surface area contributed by atoms with Crippen LogP contribution in [0.2, 0.25) is 10.0 Å². The third-order valence-electron chi connectivity index (χ3n) is 3.96. The van der Waals surface area contributed by atoms with Crippen molar-refractivity contribution in [3.8, 4) is 0 Å². The van der Waals surface area contributed by atoms with Crippen LogP contribution in [0.15, 0.2) is 42.5 Å². The number of carbonyl (C=O) groups is 2. The zero-order valence-electron chi connectivity index (χ0n) is 14.9. The molecule has 0 saturated heterocycles. The van der Waals surface area contributed by atoms with Crippen molar-refractivity contribution >= 4 is 58.8 Å². The number of amides is 2. The molecule has 2 amide bonds. The van der Waals surface area contributed by atoms with Gasteiger partial charge in [0, 0.05) is 18.7 Å². The van der Waals surface area contributed by atoms with Crippen LogP contribution in [-0.4, -0.2) is 29.8 Å². The SMILES string of the molecule is CCN(CC(=O)Nc1c(Cl)cccc1Cl)C(=O)CCc1ccccc1N.Cl. The summed E-state index contributed by atoms with van der Waals surface area (Å²) in [4.78, 5) is 26.2. The average molecular weight is 431 g/mol. The van der Waals surface area contributed by atoms with E-state index in [0.717, 1.165) is 5.56 Å². The predicted octanol–water partition coefficient (Wildman–Crippen LogP) is 4.42. The molecule has 3 N–H and O–H groups in total. The Balaban J connectivity index is 0.00000364. The first-order chi connectivity index (χ1) is 12.4. The second-order valence-electron chi connectivity index (χ2n) is 5.75. The lowest BCUT2D eigenvalue weighted by Crippen LogP contribution is -2.38. The fourth-order valence-electron chi connectivity index (χ4n) is 2.51. The van der Waals surface area contributed by atoms with E-state index in [1.807, 2.05) is 25.1 Å². The molecule has 0 aliphatic rings. The van der Waals surface area contributed by atoms with Crippen LogP contribution in [0.1, 0.15) is 18.9 Å². The average Bonchev–Trinajstić information content (AvgIpc) is 2.62. The molecule has 0 radical (unpaired) electrons. The van der Waals surface area contributed by atoms with E-state index in [-0.39, 0.29) is 37.2 Å². The summed E-state index contributed by atoms with van der Waals surface area (Å²) in [5.74, 6) is -0.467. The van der Waals surface area contributed by atoms with Crippen LogP contribution < -0.4 is 11.1 Å². The summed E-state index contributed by atoms with van der Waals surface area (Å²) in [7, 11) is 0. The highest BCUT2D eigenvalue weighted by Crippen LogP contribution is 2.29. The van der Waals surface area contributed by atoms with E-state index < -0.39 is 0 Å². The third-order valence-corrected chi connectivity index (χ3v) is 4.59. The maximum absolute atomic E-state index is 12.4. The molecule has 146 valence electrons. The fraction of sp³-hybridized carbons (Fsp3) is 0.263. The topological polar surface area (TPSA) is 75.4 Å². The number of para-hydroxylation sites is 2. The number of anilines is 2. The van der Waals surface area contributed by atoms with Crippen LogP contribution in [-0.2, 0) is 16.0 Å². The molecule has 0 unspecified atom stereocenters. The molecule has 0 saturated carbocycles. The normalized spacial score (nSPS) is 10.0. The Morgan fingerprint density at radius 3 is 2.30 bits per heavy atom. The minimum Gasteiger partial charge on any atom is -0.399 e. The number of carbonyl (C=O) groups excluding carboxylic acids is 2. The number of likely N-dealkylation sites (N-methyl/N-ethyl adjacent to an activating group) is 1. The summed E-state index contributed by atoms with van der Waals surface area (Å²) in [6.45, 7) is 2.18. The number of benzene rings is 2. The van der Waals surface area contributed by atoms with Crippen LogP contribution in [0.4, 0.5) is 11.4 Å². The molecule has 0 aliphatic carbocycles. The van der Waals surface area contributed by atoms with E-state index >= 15 is 0 Å². The first-order valence-corrected chi connectivity index (χ1v) is 9.03. The quantitative estimate of drug-likeness (QED) is 0.639. The zero-order valence-corrected chi connectivity index (χ0v) is 17.2. The van der Waals surface area contributed by atoms with Gasteiger partial charge in [0.2, 0.25) is 11.8 Å². The van der Waals surface area contributed by atoms with Crippen molar-refractivity contribution < 1.29 is 9.59 Å². The minimum atomic E-state index is -0.352. The van der Waals surface area contributed by atoms with Gasteiger partial charge in [-0.3, -0.25) is 9.59 Å². The highest BCUT2D eigenvalue weighted by Gasteiger charge is 2.17. The summed E-state index contributed by atoms with van der Waals surface area (Å²) in [5, 5.41) is 3.36. The first-order valence-electron chi connectivity index (χ1n) is 8.27. The van der Waals surface area contributed by atoms with Crippen LogP contribution in [0.25, 0.3) is 0 Å². The molecule has 0 spiro atoms. The number of hydrogen-bond acceptors (Lipinski definition) is 3. The molecule has 0 aliphatic heterocycles. The number of rotatable bonds is 7. The molecule has 0 aromatic heterocycles. The first kappa shape index (κ1) is 23.1. The van der Waals surface area contributed by atoms with Crippen LogP contribution in [0.5, 0.6) is 0 Å². The summed E-state index contributed by atoms with van der Waals surface area (Å²) < 4.78 is 0. The van der Waals surface area contributed by atoms with Gasteiger partial charge >= 0.3 is 0 Å². The van der Waals surface area contributed by atoms with E-state index in [1.165, 1.54) is 4.90 Å². The van der Waals surface area contributed by atoms with Crippen molar-refractivity contribution in [1.82, 2.24) is 4.90 Å². The molecular weight excluding hydrogens is 409 g/mol. The molecule has 2 aromatic rings. The maximum atomic E-state index is 12.4. The van der Waals surface area contributed by atoms with E-state index in [4.69, 9.17) is 28.9 Å². The Hall–Kier alpha value is -1.95. The number of hydrogen-bond donors (Lipinski definition) is 2. The number of nitrogen functional groups attached to an aromatic ring is 1. The van der Waals surface area contributed by atoms with Crippen molar-refractivity contribution in [2.75, 3.05) is 24.1 Å². The Labute approximate surface area is 175 Å². The number of nitrogens with one attached hydrogen (secondary N) is 1. The molecule has 2 aromatic carbocycles. The molecule has 0 heterocycles. The van der Waals surface area contributed by atoms with Gasteiger partial charge in [-0.05, 0) is 37.1 Å². The lowest BCUT2D eigenvalue weighted by Gasteiger charge is -2.21. The summed E-state index contributed by atoms with van der Waals surface area (Å²) >= 11 is 12.1. The minimum absolute atomic E-state index is 0. The largest absolute Gasteiger partial charge is 0.399 e. The standard InChI is InChI=1S/C19H21Cl2N3O2.ClH/c1-2-24(18(26)11-10-13-6-3-4-9-16(13)22)12-17(25)23-19-14(20)7-5-8-15(19)21;/h3-9H,2,10-12,22H2,1H3,(H,23,25);1H. The smallest absolute Gasteiger partial charge is 0.244 e. The van der Waals surface area contributed by atoms with Gasteiger partial charge in [0.1, 0.15) is 0 Å². The Morgan fingerprint density at radius 1 is 1.07 bits per heavy atom. The molecule has 0 fully saturated rings. The molecule has 0 atom stereocenters. The molecule has 27 heavy (non-hydrogen) atoms.